The first-order valence-corrected chi connectivity index (χ1v) is 17.9. The molecule has 2 fully saturated rings. The van der Waals surface area contributed by atoms with E-state index in [-0.39, 0.29) is 36.6 Å². The van der Waals surface area contributed by atoms with Crippen molar-refractivity contribution < 1.29 is 43.2 Å². The number of aryl methyl sites for hydroxylation is 2. The highest BCUT2D eigenvalue weighted by Crippen LogP contribution is 2.47. The second-order valence-electron chi connectivity index (χ2n) is 12.8. The molecule has 2 aliphatic carbocycles. The number of aliphatic hydroxyl groups is 1. The molecule has 0 amide bonds. The van der Waals surface area contributed by atoms with Gasteiger partial charge in [-0.2, -0.15) is 0 Å². The van der Waals surface area contributed by atoms with Crippen LogP contribution in [-0.2, 0) is 44.5 Å². The van der Waals surface area contributed by atoms with E-state index < -0.39 is 29.1 Å². The average molecular weight is 720 g/mol. The zero-order valence-corrected chi connectivity index (χ0v) is 30.6. The number of ether oxygens (including phenoxy) is 5. The Labute approximate surface area is 299 Å². The summed E-state index contributed by atoms with van der Waals surface area (Å²) in [5.74, 6) is -1.47. The van der Waals surface area contributed by atoms with Crippen molar-refractivity contribution in [1.29, 1.82) is 0 Å². The minimum absolute atomic E-state index is 0.00287. The maximum atomic E-state index is 12.6. The molecule has 0 bridgehead atoms. The second-order valence-corrected chi connectivity index (χ2v) is 13.6. The Balaban J connectivity index is 0.000000222. The smallest absolute Gasteiger partial charge is 0.350 e. The van der Waals surface area contributed by atoms with Crippen LogP contribution in [0.15, 0.2) is 42.2 Å². The molecule has 268 valence electrons. The summed E-state index contributed by atoms with van der Waals surface area (Å²) in [5, 5.41) is 11.8. The number of hydrogen-bond acceptors (Lipinski definition) is 9. The fourth-order valence-corrected chi connectivity index (χ4v) is 7.68. The van der Waals surface area contributed by atoms with Crippen molar-refractivity contribution in [3.8, 4) is 0 Å². The third kappa shape index (κ3) is 8.98. The molecule has 4 unspecified atom stereocenters. The Morgan fingerprint density at radius 2 is 1.49 bits per heavy atom. The Morgan fingerprint density at radius 1 is 0.878 bits per heavy atom. The van der Waals surface area contributed by atoms with Gasteiger partial charge in [0.25, 0.3) is 0 Å². The van der Waals surface area contributed by atoms with Crippen LogP contribution < -0.4 is 0 Å². The molecule has 0 radical (unpaired) electrons. The maximum Gasteiger partial charge on any atom is 0.350 e. The minimum Gasteiger partial charge on any atom is -0.507 e. The summed E-state index contributed by atoms with van der Waals surface area (Å²) < 4.78 is 28.0. The van der Waals surface area contributed by atoms with Crippen LogP contribution in [0.2, 0.25) is 10.0 Å². The average Bonchev–Trinajstić information content (AvgIpc) is 3.27. The Kier molecular flexibility index (Phi) is 13.6. The van der Waals surface area contributed by atoms with Crippen molar-refractivity contribution in [3.63, 3.8) is 0 Å². The van der Waals surface area contributed by atoms with Crippen molar-refractivity contribution in [2.45, 2.75) is 116 Å². The second kappa shape index (κ2) is 17.2. The number of rotatable bonds is 10. The molecule has 11 heteroatoms. The fraction of sp³-hybridized carbons (Fsp3) is 0.553. The lowest BCUT2D eigenvalue weighted by Gasteiger charge is -2.38. The molecule has 1 heterocycles. The van der Waals surface area contributed by atoms with Crippen molar-refractivity contribution in [2.24, 2.45) is 0 Å². The molecule has 2 saturated carbocycles. The molecule has 9 nitrogen and oxygen atoms in total. The number of hydrogen-bond donors (Lipinski definition) is 1. The number of carbonyl (C=O) groups is 3. The van der Waals surface area contributed by atoms with Gasteiger partial charge in [-0.3, -0.25) is 4.79 Å². The van der Waals surface area contributed by atoms with Crippen molar-refractivity contribution in [1.82, 2.24) is 0 Å². The van der Waals surface area contributed by atoms with Gasteiger partial charge in [-0.1, -0.05) is 47.5 Å². The predicted molar refractivity (Wildman–Crippen MR) is 188 cm³/mol. The van der Waals surface area contributed by atoms with E-state index in [0.717, 1.165) is 42.4 Å². The summed E-state index contributed by atoms with van der Waals surface area (Å²) in [7, 11) is 0. The van der Waals surface area contributed by atoms with E-state index in [1.807, 2.05) is 52.0 Å². The maximum absolute atomic E-state index is 12.6. The molecule has 2 aromatic carbocycles. The van der Waals surface area contributed by atoms with Crippen molar-refractivity contribution in [3.05, 3.63) is 74.5 Å². The van der Waals surface area contributed by atoms with E-state index in [1.54, 1.807) is 19.1 Å². The third-order valence-corrected chi connectivity index (χ3v) is 10.1. The van der Waals surface area contributed by atoms with E-state index in [9.17, 15) is 19.5 Å². The van der Waals surface area contributed by atoms with Crippen LogP contribution in [0.25, 0.3) is 5.57 Å². The first kappa shape index (κ1) is 38.7. The minimum atomic E-state index is -1.28. The van der Waals surface area contributed by atoms with E-state index >= 15 is 0 Å². The lowest BCUT2D eigenvalue weighted by molar-refractivity contribution is -0.191. The number of esters is 3. The molecule has 1 N–H and O–H groups in total. The van der Waals surface area contributed by atoms with E-state index in [2.05, 4.69) is 0 Å². The first-order chi connectivity index (χ1) is 23.4. The summed E-state index contributed by atoms with van der Waals surface area (Å²) in [6.07, 6.45) is 5.12. The molecule has 1 aliphatic heterocycles. The highest BCUT2D eigenvalue weighted by Gasteiger charge is 2.52. The van der Waals surface area contributed by atoms with Gasteiger partial charge < -0.3 is 28.8 Å². The van der Waals surface area contributed by atoms with Gasteiger partial charge in [0.1, 0.15) is 5.57 Å². The molecule has 49 heavy (non-hydrogen) atoms. The van der Waals surface area contributed by atoms with Crippen LogP contribution in [0.3, 0.4) is 0 Å². The van der Waals surface area contributed by atoms with E-state index in [4.69, 9.17) is 46.9 Å². The predicted octanol–water partition coefficient (Wildman–Crippen LogP) is 8.21. The van der Waals surface area contributed by atoms with E-state index in [1.165, 1.54) is 0 Å². The van der Waals surface area contributed by atoms with Gasteiger partial charge in [0.2, 0.25) is 5.60 Å². The standard InChI is InChI=1S/C20H27ClO5.C18H21ClO4/c1-4-24-15-9-7-11-20(13-15,19(23)25-5-2)26-18(22)12-16-14(3)8-6-10-17(16)21;1-3-22-12-7-5-9-18(10-12)16(20)15(17(21)23-18)14-11(2)6-4-8-13(14)19/h6,8,10,15H,4-5,7,9,11-13H2,1-3H3;4,6,8,12,20H,3,5,7,9-10H2,1-2H3. The van der Waals surface area contributed by atoms with Gasteiger partial charge in [0.05, 0.1) is 25.2 Å². The van der Waals surface area contributed by atoms with Crippen LogP contribution in [0.1, 0.15) is 94.4 Å². The first-order valence-electron chi connectivity index (χ1n) is 17.2. The highest BCUT2D eigenvalue weighted by atomic mass is 35.5. The van der Waals surface area contributed by atoms with E-state index in [0.29, 0.717) is 54.5 Å². The van der Waals surface area contributed by atoms with Gasteiger partial charge in [-0.15, -0.1) is 0 Å². The number of aliphatic hydroxyl groups excluding tert-OH is 1. The van der Waals surface area contributed by atoms with Gasteiger partial charge in [0.15, 0.2) is 11.4 Å². The number of halogens is 2. The molecule has 0 aromatic heterocycles. The summed E-state index contributed by atoms with van der Waals surface area (Å²) >= 11 is 12.5. The highest BCUT2D eigenvalue weighted by molar-refractivity contribution is 6.35. The monoisotopic (exact) mass is 718 g/mol. The molecule has 0 saturated heterocycles. The molecule has 2 aromatic rings. The van der Waals surface area contributed by atoms with Gasteiger partial charge in [0, 0.05) is 41.7 Å². The van der Waals surface area contributed by atoms with Crippen LogP contribution in [0, 0.1) is 13.8 Å². The molecule has 3 aliphatic rings. The molecular weight excluding hydrogens is 671 g/mol. The van der Waals surface area contributed by atoms with Gasteiger partial charge in [-0.25, -0.2) is 9.59 Å². The summed E-state index contributed by atoms with van der Waals surface area (Å²) in [5.41, 5.74) is 0.990. The fourth-order valence-electron chi connectivity index (χ4n) is 7.08. The largest absolute Gasteiger partial charge is 0.507 e. The summed E-state index contributed by atoms with van der Waals surface area (Å²) in [6.45, 7) is 10.7. The molecule has 5 rings (SSSR count). The third-order valence-electron chi connectivity index (χ3n) is 9.40. The van der Waals surface area contributed by atoms with Crippen LogP contribution in [0.4, 0.5) is 0 Å². The molecular formula is C38H48Cl2O9. The Bertz CT molecular complexity index is 1490. The SMILES string of the molecule is CCOC(=O)C1(OC(=O)Cc2c(C)cccc2Cl)CCCC(OCC)C1.CCOC1CCCC2(C1)OC(=O)C(c1c(C)cccc1Cl)=C2O. The van der Waals surface area contributed by atoms with Crippen LogP contribution in [-0.4, -0.2) is 66.2 Å². The Hall–Kier alpha value is -3.11. The summed E-state index contributed by atoms with van der Waals surface area (Å²) in [4.78, 5) is 37.7. The molecule has 4 atom stereocenters. The van der Waals surface area contributed by atoms with Crippen molar-refractivity contribution in [2.75, 3.05) is 19.8 Å². The van der Waals surface area contributed by atoms with Gasteiger partial charge in [-0.05, 0) is 102 Å². The lowest BCUT2D eigenvalue weighted by Crippen LogP contribution is -2.50. The molecule has 1 spiro atoms. The lowest BCUT2D eigenvalue weighted by atomic mass is 9.80. The van der Waals surface area contributed by atoms with Gasteiger partial charge >= 0.3 is 17.9 Å². The van der Waals surface area contributed by atoms with Crippen LogP contribution in [0.5, 0.6) is 0 Å². The Morgan fingerprint density at radius 3 is 2.10 bits per heavy atom. The number of carbonyl (C=O) groups excluding carboxylic acids is 3. The topological polar surface area (TPSA) is 118 Å². The number of benzene rings is 2. The zero-order chi connectivity index (χ0) is 35.8. The van der Waals surface area contributed by atoms with Crippen LogP contribution >= 0.6 is 23.2 Å². The summed E-state index contributed by atoms with van der Waals surface area (Å²) in [6, 6.07) is 10.9. The quantitative estimate of drug-likeness (QED) is 0.192. The zero-order valence-electron chi connectivity index (χ0n) is 29.1. The normalized spacial score (nSPS) is 25.0. The van der Waals surface area contributed by atoms with Crippen molar-refractivity contribution >= 4 is 46.7 Å².